The Morgan fingerprint density at radius 2 is 1.67 bits per heavy atom. The second kappa shape index (κ2) is 5.44. The van der Waals surface area contributed by atoms with Gasteiger partial charge >= 0.3 is 6.18 Å². The molecule has 21 heavy (non-hydrogen) atoms. The maximum Gasteiger partial charge on any atom is 0.416 e. The molecule has 112 valence electrons. The minimum absolute atomic E-state index is 0.299. The van der Waals surface area contributed by atoms with E-state index in [0.717, 1.165) is 0 Å². The number of aromatic nitrogens is 1. The maximum atomic E-state index is 13.4. The van der Waals surface area contributed by atoms with Crippen LogP contribution in [0.2, 0.25) is 5.15 Å². The lowest BCUT2D eigenvalue weighted by atomic mass is 10.2. The van der Waals surface area contributed by atoms with Crippen LogP contribution in [0.4, 0.5) is 37.8 Å². The largest absolute Gasteiger partial charge is 0.416 e. The van der Waals surface area contributed by atoms with Crippen molar-refractivity contribution in [3.8, 4) is 0 Å². The second-order valence-electron chi connectivity index (χ2n) is 3.94. The minimum Gasteiger partial charge on any atom is -0.338 e. The molecular formula is C12H5ClF6N2. The number of hydrogen-bond acceptors (Lipinski definition) is 2. The Bertz CT molecular complexity index is 686. The van der Waals surface area contributed by atoms with Gasteiger partial charge in [0.15, 0.2) is 11.6 Å². The van der Waals surface area contributed by atoms with Gasteiger partial charge in [0, 0.05) is 12.1 Å². The molecule has 0 bridgehead atoms. The summed E-state index contributed by atoms with van der Waals surface area (Å²) < 4.78 is 77.2. The molecule has 0 saturated carbocycles. The van der Waals surface area contributed by atoms with Crippen LogP contribution in [0.3, 0.4) is 0 Å². The fourth-order valence-corrected chi connectivity index (χ4v) is 1.72. The fourth-order valence-electron chi connectivity index (χ4n) is 1.51. The van der Waals surface area contributed by atoms with Gasteiger partial charge in [-0.15, -0.1) is 0 Å². The van der Waals surface area contributed by atoms with E-state index in [9.17, 15) is 26.3 Å². The highest BCUT2D eigenvalue weighted by Crippen LogP contribution is 2.33. The van der Waals surface area contributed by atoms with Gasteiger partial charge in [0.1, 0.15) is 16.8 Å². The molecule has 2 rings (SSSR count). The van der Waals surface area contributed by atoms with Gasteiger partial charge in [-0.25, -0.2) is 18.2 Å². The van der Waals surface area contributed by atoms with Crippen molar-refractivity contribution in [3.05, 3.63) is 52.4 Å². The molecule has 0 spiro atoms. The van der Waals surface area contributed by atoms with Gasteiger partial charge in [-0.2, -0.15) is 13.2 Å². The third-order valence-electron chi connectivity index (χ3n) is 2.38. The summed E-state index contributed by atoms with van der Waals surface area (Å²) >= 11 is 5.43. The van der Waals surface area contributed by atoms with E-state index in [2.05, 4.69) is 10.3 Å². The molecule has 1 aromatic carbocycles. The van der Waals surface area contributed by atoms with Crippen molar-refractivity contribution in [2.45, 2.75) is 6.18 Å². The molecule has 0 radical (unpaired) electrons. The third-order valence-corrected chi connectivity index (χ3v) is 2.57. The van der Waals surface area contributed by atoms with Gasteiger partial charge in [-0.3, -0.25) is 0 Å². The number of nitrogens with zero attached hydrogens (tertiary/aromatic N) is 1. The summed E-state index contributed by atoms with van der Waals surface area (Å²) in [5.74, 6) is -4.55. The molecule has 0 amide bonds. The van der Waals surface area contributed by atoms with Gasteiger partial charge in [0.05, 0.1) is 11.3 Å². The zero-order valence-electron chi connectivity index (χ0n) is 9.90. The first-order valence-electron chi connectivity index (χ1n) is 5.33. The van der Waals surface area contributed by atoms with Crippen LogP contribution in [-0.2, 0) is 6.18 Å². The maximum absolute atomic E-state index is 13.4. The van der Waals surface area contributed by atoms with Crippen LogP contribution < -0.4 is 5.32 Å². The van der Waals surface area contributed by atoms with E-state index in [-0.39, 0.29) is 0 Å². The Balaban J connectivity index is 2.43. The van der Waals surface area contributed by atoms with Crippen LogP contribution in [-0.4, -0.2) is 4.98 Å². The molecule has 2 aromatic rings. The summed E-state index contributed by atoms with van der Waals surface area (Å²) in [6, 6.07) is 1.98. The molecule has 0 aliphatic rings. The lowest BCUT2D eigenvalue weighted by molar-refractivity contribution is -0.137. The van der Waals surface area contributed by atoms with Crippen LogP contribution in [0.15, 0.2) is 24.3 Å². The van der Waals surface area contributed by atoms with Crippen molar-refractivity contribution >= 4 is 23.1 Å². The highest BCUT2D eigenvalue weighted by atomic mass is 35.5. The van der Waals surface area contributed by atoms with E-state index in [1.54, 1.807) is 0 Å². The fraction of sp³-hybridized carbons (Fsp3) is 0.0833. The predicted molar refractivity (Wildman–Crippen MR) is 63.8 cm³/mol. The molecule has 0 unspecified atom stereocenters. The lowest BCUT2D eigenvalue weighted by Crippen LogP contribution is -2.07. The Morgan fingerprint density at radius 3 is 2.29 bits per heavy atom. The molecule has 0 atom stereocenters. The molecular weight excluding hydrogens is 322 g/mol. The number of hydrogen-bond donors (Lipinski definition) is 1. The van der Waals surface area contributed by atoms with Gasteiger partial charge in [0.2, 0.25) is 0 Å². The van der Waals surface area contributed by atoms with E-state index in [1.807, 2.05) is 0 Å². The first-order chi connectivity index (χ1) is 9.66. The van der Waals surface area contributed by atoms with Crippen molar-refractivity contribution in [2.75, 3.05) is 5.32 Å². The molecule has 0 fully saturated rings. The second-order valence-corrected chi connectivity index (χ2v) is 4.32. The van der Waals surface area contributed by atoms with Crippen molar-refractivity contribution in [1.82, 2.24) is 4.98 Å². The molecule has 0 saturated heterocycles. The number of benzene rings is 1. The number of halogens is 7. The monoisotopic (exact) mass is 326 g/mol. The number of alkyl halides is 3. The first kappa shape index (κ1) is 15.4. The Labute approximate surface area is 119 Å². The summed E-state index contributed by atoms with van der Waals surface area (Å²) in [5, 5.41) is 1.55. The summed E-state index contributed by atoms with van der Waals surface area (Å²) in [6.45, 7) is 0. The average molecular weight is 327 g/mol. The summed E-state index contributed by atoms with van der Waals surface area (Å²) in [6.07, 6.45) is -4.70. The first-order valence-corrected chi connectivity index (χ1v) is 5.71. The Morgan fingerprint density at radius 1 is 1.00 bits per heavy atom. The molecule has 0 aliphatic heterocycles. The highest BCUT2D eigenvalue weighted by molar-refractivity contribution is 6.29. The van der Waals surface area contributed by atoms with Crippen LogP contribution >= 0.6 is 11.6 Å². The quantitative estimate of drug-likeness (QED) is 0.481. The normalized spacial score (nSPS) is 11.6. The highest BCUT2D eigenvalue weighted by Gasteiger charge is 2.31. The van der Waals surface area contributed by atoms with E-state index in [4.69, 9.17) is 11.6 Å². The summed E-state index contributed by atoms with van der Waals surface area (Å²) in [5.41, 5.74) is -1.84. The van der Waals surface area contributed by atoms with Crippen LogP contribution in [0.5, 0.6) is 0 Å². The van der Waals surface area contributed by atoms with E-state index in [1.165, 1.54) is 0 Å². The van der Waals surface area contributed by atoms with Crippen molar-refractivity contribution in [2.24, 2.45) is 0 Å². The molecule has 1 heterocycles. The zero-order valence-corrected chi connectivity index (χ0v) is 10.7. The van der Waals surface area contributed by atoms with Gasteiger partial charge in [-0.1, -0.05) is 11.6 Å². The third kappa shape index (κ3) is 3.57. The Hall–Kier alpha value is -1.96. The van der Waals surface area contributed by atoms with Crippen LogP contribution in [0, 0.1) is 17.5 Å². The molecule has 2 nitrogen and oxygen atoms in total. The van der Waals surface area contributed by atoms with Gasteiger partial charge in [-0.05, 0) is 12.1 Å². The van der Waals surface area contributed by atoms with E-state index in [0.29, 0.717) is 24.3 Å². The van der Waals surface area contributed by atoms with Gasteiger partial charge < -0.3 is 5.32 Å². The van der Waals surface area contributed by atoms with Gasteiger partial charge in [0.25, 0.3) is 0 Å². The number of rotatable bonds is 2. The van der Waals surface area contributed by atoms with E-state index >= 15 is 0 Å². The molecule has 1 N–H and O–H groups in total. The predicted octanol–water partition coefficient (Wildman–Crippen LogP) is 4.91. The molecule has 0 aliphatic carbocycles. The standard InChI is InChI=1S/C12H5ClF6N2/c13-9-1-5(12(17,18)19)2-10(21-9)20-8-4-6(14)3-7(15)11(8)16/h1-4H,(H,20,21). The number of anilines is 2. The summed E-state index contributed by atoms with van der Waals surface area (Å²) in [7, 11) is 0. The topological polar surface area (TPSA) is 24.9 Å². The van der Waals surface area contributed by atoms with Crippen LogP contribution in [0.25, 0.3) is 0 Å². The van der Waals surface area contributed by atoms with E-state index < -0.39 is 45.8 Å². The SMILES string of the molecule is Fc1cc(F)c(F)c(Nc2cc(C(F)(F)F)cc(Cl)n2)c1. The zero-order chi connectivity index (χ0) is 15.8. The van der Waals surface area contributed by atoms with Crippen molar-refractivity contribution < 1.29 is 26.3 Å². The van der Waals surface area contributed by atoms with Crippen LogP contribution in [0.1, 0.15) is 5.56 Å². The smallest absolute Gasteiger partial charge is 0.338 e. The van der Waals surface area contributed by atoms with Crippen molar-refractivity contribution in [3.63, 3.8) is 0 Å². The molecule has 1 aromatic heterocycles. The molecule has 9 heteroatoms. The lowest BCUT2D eigenvalue weighted by Gasteiger charge is -2.11. The Kier molecular flexibility index (Phi) is 3.99. The summed E-state index contributed by atoms with van der Waals surface area (Å²) in [4.78, 5) is 3.49. The van der Waals surface area contributed by atoms with Crippen molar-refractivity contribution in [1.29, 1.82) is 0 Å². The number of pyridine rings is 1. The number of nitrogens with one attached hydrogen (secondary N) is 1. The minimum atomic E-state index is -4.70. The average Bonchev–Trinajstić information content (AvgIpc) is 2.33.